The van der Waals surface area contributed by atoms with Gasteiger partial charge in [0.2, 0.25) is 0 Å². The first-order valence-electron chi connectivity index (χ1n) is 7.19. The molecule has 1 saturated heterocycles. The Morgan fingerprint density at radius 2 is 2.05 bits per heavy atom. The summed E-state index contributed by atoms with van der Waals surface area (Å²) >= 11 is 0. The molecule has 1 aromatic carbocycles. The predicted molar refractivity (Wildman–Crippen MR) is 78.3 cm³/mol. The summed E-state index contributed by atoms with van der Waals surface area (Å²) in [5, 5.41) is 4.92. The van der Waals surface area contributed by atoms with Gasteiger partial charge in [0.1, 0.15) is 0 Å². The molecule has 19 heavy (non-hydrogen) atoms. The van der Waals surface area contributed by atoms with Gasteiger partial charge in [-0.2, -0.15) is 0 Å². The van der Waals surface area contributed by atoms with Gasteiger partial charge in [0.25, 0.3) is 0 Å². The fraction of sp³-hybridized carbons (Fsp3) is 0.500. The third-order valence-corrected chi connectivity index (χ3v) is 4.14. The van der Waals surface area contributed by atoms with Crippen molar-refractivity contribution in [3.63, 3.8) is 0 Å². The fourth-order valence-corrected chi connectivity index (χ4v) is 2.87. The van der Waals surface area contributed by atoms with Crippen molar-refractivity contribution < 1.29 is 4.74 Å². The van der Waals surface area contributed by atoms with Crippen molar-refractivity contribution in [2.75, 3.05) is 19.8 Å². The minimum atomic E-state index is 0.776. The molecule has 1 aliphatic heterocycles. The minimum absolute atomic E-state index is 0.776. The van der Waals surface area contributed by atoms with Crippen LogP contribution in [0, 0.1) is 12.8 Å². The summed E-state index contributed by atoms with van der Waals surface area (Å²) < 4.78 is 5.39. The molecule has 2 aromatic rings. The van der Waals surface area contributed by atoms with Gasteiger partial charge in [-0.05, 0) is 43.9 Å². The maximum absolute atomic E-state index is 5.39. The van der Waals surface area contributed by atoms with Crippen LogP contribution in [0.4, 0.5) is 0 Å². The number of rotatable bonds is 4. The smallest absolute Gasteiger partial charge is 0.0469 e. The monoisotopic (exact) mass is 258 g/mol. The molecule has 102 valence electrons. The lowest BCUT2D eigenvalue weighted by Crippen LogP contribution is -2.27. The Balaban J connectivity index is 1.60. The highest BCUT2D eigenvalue weighted by Crippen LogP contribution is 2.21. The van der Waals surface area contributed by atoms with E-state index in [0.717, 1.165) is 32.2 Å². The largest absolute Gasteiger partial charge is 0.381 e. The topological polar surface area (TPSA) is 37.0 Å². The van der Waals surface area contributed by atoms with Gasteiger partial charge in [-0.25, -0.2) is 0 Å². The summed E-state index contributed by atoms with van der Waals surface area (Å²) in [6.45, 7) is 6.08. The lowest BCUT2D eigenvalue weighted by Gasteiger charge is -2.22. The van der Waals surface area contributed by atoms with Crippen molar-refractivity contribution >= 4 is 10.9 Å². The molecule has 0 radical (unpaired) electrons. The first-order chi connectivity index (χ1) is 9.34. The normalized spacial score (nSPS) is 17.1. The second-order valence-electron chi connectivity index (χ2n) is 5.46. The Labute approximate surface area is 114 Å². The molecule has 2 heterocycles. The fourth-order valence-electron chi connectivity index (χ4n) is 2.87. The summed E-state index contributed by atoms with van der Waals surface area (Å²) in [5.74, 6) is 0.776. The Hall–Kier alpha value is -1.32. The highest BCUT2D eigenvalue weighted by atomic mass is 16.5. The number of fused-ring (bicyclic) bond motifs is 1. The van der Waals surface area contributed by atoms with Gasteiger partial charge >= 0.3 is 0 Å². The Morgan fingerprint density at radius 3 is 2.84 bits per heavy atom. The number of hydrogen-bond donors (Lipinski definition) is 2. The van der Waals surface area contributed by atoms with Crippen LogP contribution in [-0.2, 0) is 11.3 Å². The van der Waals surface area contributed by atoms with Crippen LogP contribution in [0.2, 0.25) is 0 Å². The molecular formula is C16H22N2O. The van der Waals surface area contributed by atoms with Crippen molar-refractivity contribution in [2.24, 2.45) is 5.92 Å². The van der Waals surface area contributed by atoms with Gasteiger partial charge in [-0.1, -0.05) is 18.2 Å². The van der Waals surface area contributed by atoms with Gasteiger partial charge in [0.05, 0.1) is 0 Å². The zero-order chi connectivity index (χ0) is 13.1. The van der Waals surface area contributed by atoms with Gasteiger partial charge in [-0.3, -0.25) is 0 Å². The van der Waals surface area contributed by atoms with Gasteiger partial charge in [-0.15, -0.1) is 0 Å². The van der Waals surface area contributed by atoms with Gasteiger partial charge < -0.3 is 15.0 Å². The van der Waals surface area contributed by atoms with Crippen LogP contribution in [0.25, 0.3) is 10.9 Å². The van der Waals surface area contributed by atoms with Gasteiger partial charge in [0, 0.05) is 36.4 Å². The van der Waals surface area contributed by atoms with Crippen LogP contribution < -0.4 is 5.32 Å². The summed E-state index contributed by atoms with van der Waals surface area (Å²) in [4.78, 5) is 3.51. The van der Waals surface area contributed by atoms with E-state index in [1.165, 1.54) is 35.0 Å². The van der Waals surface area contributed by atoms with Crippen LogP contribution in [0.3, 0.4) is 0 Å². The van der Waals surface area contributed by atoms with E-state index in [1.54, 1.807) is 0 Å². The second kappa shape index (κ2) is 5.76. The number of aryl methyl sites for hydroxylation is 1. The molecule has 0 saturated carbocycles. The molecule has 1 aromatic heterocycles. The number of para-hydroxylation sites is 1. The Bertz CT molecular complexity index is 541. The predicted octanol–water partition coefficient (Wildman–Crippen LogP) is 2.99. The summed E-state index contributed by atoms with van der Waals surface area (Å²) in [7, 11) is 0. The summed E-state index contributed by atoms with van der Waals surface area (Å²) in [6, 6.07) is 8.51. The molecule has 3 nitrogen and oxygen atoms in total. The third kappa shape index (κ3) is 2.82. The first kappa shape index (κ1) is 12.7. The first-order valence-corrected chi connectivity index (χ1v) is 7.19. The van der Waals surface area contributed by atoms with E-state index in [2.05, 4.69) is 41.5 Å². The number of benzene rings is 1. The zero-order valence-electron chi connectivity index (χ0n) is 11.5. The lowest BCUT2D eigenvalue weighted by molar-refractivity contribution is 0.0662. The molecule has 0 aliphatic carbocycles. The van der Waals surface area contributed by atoms with Crippen LogP contribution in [0.1, 0.15) is 24.1 Å². The van der Waals surface area contributed by atoms with E-state index in [4.69, 9.17) is 4.74 Å². The van der Waals surface area contributed by atoms with E-state index in [1.807, 2.05) is 0 Å². The molecule has 0 unspecified atom stereocenters. The molecule has 3 heteroatoms. The summed E-state index contributed by atoms with van der Waals surface area (Å²) in [6.07, 6.45) is 2.39. The quantitative estimate of drug-likeness (QED) is 0.884. The van der Waals surface area contributed by atoms with Crippen LogP contribution in [-0.4, -0.2) is 24.7 Å². The molecule has 1 fully saturated rings. The molecular weight excluding hydrogens is 236 g/mol. The van der Waals surface area contributed by atoms with Crippen LogP contribution >= 0.6 is 0 Å². The van der Waals surface area contributed by atoms with E-state index in [0.29, 0.717) is 0 Å². The van der Waals surface area contributed by atoms with Crippen LogP contribution in [0.5, 0.6) is 0 Å². The third-order valence-electron chi connectivity index (χ3n) is 4.14. The highest BCUT2D eigenvalue weighted by Gasteiger charge is 2.13. The molecule has 3 rings (SSSR count). The number of nitrogens with one attached hydrogen (secondary N) is 2. The molecule has 1 aliphatic rings. The lowest BCUT2D eigenvalue weighted by atomic mass is 10.0. The maximum atomic E-state index is 5.39. The number of ether oxygens (including phenoxy) is 1. The van der Waals surface area contributed by atoms with E-state index in [9.17, 15) is 0 Å². The van der Waals surface area contributed by atoms with Crippen molar-refractivity contribution in [3.8, 4) is 0 Å². The SMILES string of the molecule is Cc1c(CNCC2CCOCC2)[nH]c2ccccc12. The van der Waals surface area contributed by atoms with E-state index < -0.39 is 0 Å². The second-order valence-corrected chi connectivity index (χ2v) is 5.46. The molecule has 0 atom stereocenters. The summed E-state index contributed by atoms with van der Waals surface area (Å²) in [5.41, 5.74) is 3.92. The molecule has 0 amide bonds. The number of H-pyrrole nitrogens is 1. The molecule has 0 bridgehead atoms. The maximum Gasteiger partial charge on any atom is 0.0469 e. The van der Waals surface area contributed by atoms with Gasteiger partial charge in [0.15, 0.2) is 0 Å². The van der Waals surface area contributed by atoms with Crippen molar-refractivity contribution in [2.45, 2.75) is 26.3 Å². The molecule has 2 N–H and O–H groups in total. The number of hydrogen-bond acceptors (Lipinski definition) is 2. The standard InChI is InChI=1S/C16H22N2O/c1-12-14-4-2-3-5-15(14)18-16(12)11-17-10-13-6-8-19-9-7-13/h2-5,13,17-18H,6-11H2,1H3. The minimum Gasteiger partial charge on any atom is -0.381 e. The highest BCUT2D eigenvalue weighted by molar-refractivity contribution is 5.84. The van der Waals surface area contributed by atoms with Crippen molar-refractivity contribution in [1.29, 1.82) is 0 Å². The number of aromatic nitrogens is 1. The van der Waals surface area contributed by atoms with Crippen molar-refractivity contribution in [1.82, 2.24) is 10.3 Å². The zero-order valence-corrected chi connectivity index (χ0v) is 11.5. The van der Waals surface area contributed by atoms with E-state index >= 15 is 0 Å². The Kier molecular flexibility index (Phi) is 3.85. The molecule has 0 spiro atoms. The van der Waals surface area contributed by atoms with E-state index in [-0.39, 0.29) is 0 Å². The van der Waals surface area contributed by atoms with Crippen molar-refractivity contribution in [3.05, 3.63) is 35.5 Å². The average Bonchev–Trinajstić information content (AvgIpc) is 2.78. The number of aromatic amines is 1. The average molecular weight is 258 g/mol. The Morgan fingerprint density at radius 1 is 1.26 bits per heavy atom. The van der Waals surface area contributed by atoms with Crippen LogP contribution in [0.15, 0.2) is 24.3 Å².